The molecule has 172 valence electrons. The number of carbonyl (C=O) groups excluding carboxylic acids is 1. The average molecular weight is 446 g/mol. The molecule has 3 rings (SSSR count). The summed E-state index contributed by atoms with van der Waals surface area (Å²) in [5.41, 5.74) is 1.53. The normalized spacial score (nSPS) is 25.7. The molecule has 0 aromatic heterocycles. The number of hydrogen-bond acceptors (Lipinski definition) is 9. The highest BCUT2D eigenvalue weighted by Gasteiger charge is 2.46. The maximum Gasteiger partial charge on any atom is 0.331 e. The Morgan fingerprint density at radius 1 is 0.969 bits per heavy atom. The van der Waals surface area contributed by atoms with E-state index in [0.29, 0.717) is 12.0 Å². The van der Waals surface area contributed by atoms with Crippen molar-refractivity contribution < 1.29 is 44.5 Å². The number of esters is 1. The largest absolute Gasteiger partial charge is 0.508 e. The Morgan fingerprint density at radius 2 is 1.59 bits per heavy atom. The molecule has 0 aliphatic carbocycles. The summed E-state index contributed by atoms with van der Waals surface area (Å²) in [5, 5.41) is 49.0. The minimum absolute atomic E-state index is 0.0896. The molecular formula is C23H26O9. The van der Waals surface area contributed by atoms with Gasteiger partial charge in [-0.3, -0.25) is 0 Å². The van der Waals surface area contributed by atoms with E-state index in [1.165, 1.54) is 18.2 Å². The summed E-state index contributed by atoms with van der Waals surface area (Å²) in [6.07, 6.45) is -3.61. The highest BCUT2D eigenvalue weighted by molar-refractivity contribution is 5.87. The van der Waals surface area contributed by atoms with Crippen LogP contribution in [-0.4, -0.2) is 75.4 Å². The van der Waals surface area contributed by atoms with Crippen molar-refractivity contribution in [1.82, 2.24) is 0 Å². The Morgan fingerprint density at radius 3 is 2.22 bits per heavy atom. The molecule has 9 heteroatoms. The van der Waals surface area contributed by atoms with Gasteiger partial charge in [-0.15, -0.1) is 0 Å². The predicted molar refractivity (Wildman–Crippen MR) is 113 cm³/mol. The first-order chi connectivity index (χ1) is 15.4. The van der Waals surface area contributed by atoms with Crippen molar-refractivity contribution in [2.75, 3.05) is 13.2 Å². The standard InChI is InChI=1S/C23H26O9/c24-13-18-22(32-19(27)10-5-14-1-6-16(25)7-2-14)20(28)21(29)23(31-18)30-12-11-15-3-8-17(26)9-4-15/h1-10,18,20-26,28-29H,11-13H2/t18-,20-,21+,22-,23-/m0/s1. The van der Waals surface area contributed by atoms with Gasteiger partial charge in [-0.1, -0.05) is 24.3 Å². The Hall–Kier alpha value is -2.95. The van der Waals surface area contributed by atoms with Crippen molar-refractivity contribution in [3.63, 3.8) is 0 Å². The van der Waals surface area contributed by atoms with Crippen molar-refractivity contribution in [2.45, 2.75) is 37.1 Å². The van der Waals surface area contributed by atoms with Gasteiger partial charge in [-0.2, -0.15) is 0 Å². The Labute approximate surface area is 184 Å². The molecule has 1 aliphatic heterocycles. The van der Waals surface area contributed by atoms with E-state index < -0.39 is 43.3 Å². The third kappa shape index (κ3) is 6.28. The van der Waals surface area contributed by atoms with Crippen LogP contribution in [0.15, 0.2) is 54.6 Å². The van der Waals surface area contributed by atoms with Crippen molar-refractivity contribution in [3.8, 4) is 11.5 Å². The van der Waals surface area contributed by atoms with Crippen LogP contribution in [0.3, 0.4) is 0 Å². The van der Waals surface area contributed by atoms with Gasteiger partial charge < -0.3 is 39.7 Å². The fourth-order valence-corrected chi connectivity index (χ4v) is 3.21. The second-order valence-electron chi connectivity index (χ2n) is 7.32. The molecule has 5 N–H and O–H groups in total. The third-order valence-corrected chi connectivity index (χ3v) is 4.99. The zero-order chi connectivity index (χ0) is 23.1. The van der Waals surface area contributed by atoms with Crippen LogP contribution >= 0.6 is 0 Å². The highest BCUT2D eigenvalue weighted by Crippen LogP contribution is 2.25. The van der Waals surface area contributed by atoms with E-state index in [1.54, 1.807) is 36.4 Å². The van der Waals surface area contributed by atoms with E-state index >= 15 is 0 Å². The SMILES string of the molecule is O=C(C=Cc1ccc(O)cc1)O[C@@H]1[C@@H](O)[C@@H](O)[C@@H](OCCc2ccc(O)cc2)O[C@H]1CO. The quantitative estimate of drug-likeness (QED) is 0.292. The van der Waals surface area contributed by atoms with E-state index in [-0.39, 0.29) is 18.1 Å². The molecule has 9 nitrogen and oxygen atoms in total. The Bertz CT molecular complexity index is 893. The second-order valence-corrected chi connectivity index (χ2v) is 7.32. The van der Waals surface area contributed by atoms with Crippen LogP contribution in [0.1, 0.15) is 11.1 Å². The van der Waals surface area contributed by atoms with Gasteiger partial charge >= 0.3 is 5.97 Å². The lowest BCUT2D eigenvalue weighted by molar-refractivity contribution is -0.302. The third-order valence-electron chi connectivity index (χ3n) is 4.99. The number of ether oxygens (including phenoxy) is 3. The van der Waals surface area contributed by atoms with Crippen molar-refractivity contribution in [3.05, 3.63) is 65.7 Å². The van der Waals surface area contributed by atoms with E-state index in [2.05, 4.69) is 0 Å². The van der Waals surface area contributed by atoms with Gasteiger partial charge in [0.2, 0.25) is 0 Å². The number of phenolic OH excluding ortho intramolecular Hbond substituents is 2. The first-order valence-corrected chi connectivity index (χ1v) is 10.1. The molecule has 2 aromatic carbocycles. The molecule has 1 aliphatic rings. The van der Waals surface area contributed by atoms with Gasteiger partial charge in [-0.25, -0.2) is 4.79 Å². The summed E-state index contributed by atoms with van der Waals surface area (Å²) >= 11 is 0. The number of benzene rings is 2. The number of hydrogen-bond donors (Lipinski definition) is 5. The molecule has 0 radical (unpaired) electrons. The van der Waals surface area contributed by atoms with Crippen LogP contribution in [0, 0.1) is 0 Å². The van der Waals surface area contributed by atoms with E-state index in [4.69, 9.17) is 14.2 Å². The van der Waals surface area contributed by atoms with E-state index in [1.807, 2.05) is 0 Å². The number of phenols is 2. The van der Waals surface area contributed by atoms with Gasteiger partial charge in [0.1, 0.15) is 29.8 Å². The molecule has 32 heavy (non-hydrogen) atoms. The molecular weight excluding hydrogens is 420 g/mol. The van der Waals surface area contributed by atoms with Gasteiger partial charge in [0.05, 0.1) is 13.2 Å². The molecule has 0 spiro atoms. The molecule has 0 unspecified atom stereocenters. The molecule has 0 saturated carbocycles. The summed E-state index contributed by atoms with van der Waals surface area (Å²) in [5.74, 6) is -0.567. The zero-order valence-corrected chi connectivity index (χ0v) is 17.2. The summed E-state index contributed by atoms with van der Waals surface area (Å²) in [6, 6.07) is 12.7. The zero-order valence-electron chi connectivity index (χ0n) is 17.2. The summed E-state index contributed by atoms with van der Waals surface area (Å²) in [7, 11) is 0. The maximum atomic E-state index is 12.2. The summed E-state index contributed by atoms with van der Waals surface area (Å²) in [6.45, 7) is -0.418. The monoisotopic (exact) mass is 446 g/mol. The Kier molecular flexibility index (Phi) is 8.20. The smallest absolute Gasteiger partial charge is 0.331 e. The molecule has 5 atom stereocenters. The number of aliphatic hydroxyl groups is 3. The van der Waals surface area contributed by atoms with Crippen LogP contribution in [0.5, 0.6) is 11.5 Å². The molecule has 0 bridgehead atoms. The summed E-state index contributed by atoms with van der Waals surface area (Å²) < 4.78 is 16.2. The van der Waals surface area contributed by atoms with Crippen LogP contribution in [-0.2, 0) is 25.4 Å². The summed E-state index contributed by atoms with van der Waals surface area (Å²) in [4.78, 5) is 12.2. The van der Waals surface area contributed by atoms with Gasteiger partial charge in [0.15, 0.2) is 12.4 Å². The maximum absolute atomic E-state index is 12.2. The molecule has 1 heterocycles. The lowest BCUT2D eigenvalue weighted by Gasteiger charge is -2.41. The lowest BCUT2D eigenvalue weighted by Crippen LogP contribution is -2.60. The van der Waals surface area contributed by atoms with E-state index in [9.17, 15) is 30.3 Å². The van der Waals surface area contributed by atoms with Crippen LogP contribution in [0.25, 0.3) is 6.08 Å². The van der Waals surface area contributed by atoms with Gasteiger partial charge in [-0.05, 0) is 47.9 Å². The fraction of sp³-hybridized carbons (Fsp3) is 0.348. The fourth-order valence-electron chi connectivity index (χ4n) is 3.21. The molecule has 2 aromatic rings. The van der Waals surface area contributed by atoms with Crippen LogP contribution in [0.4, 0.5) is 0 Å². The first kappa shape index (κ1) is 23.7. The number of aromatic hydroxyl groups is 2. The predicted octanol–water partition coefficient (Wildman–Crippen LogP) is 0.721. The number of aliphatic hydroxyl groups excluding tert-OH is 3. The van der Waals surface area contributed by atoms with Gasteiger partial charge in [0, 0.05) is 6.08 Å². The topological polar surface area (TPSA) is 146 Å². The molecule has 0 amide bonds. The highest BCUT2D eigenvalue weighted by atomic mass is 16.7. The minimum Gasteiger partial charge on any atom is -0.508 e. The number of carbonyl (C=O) groups is 1. The second kappa shape index (κ2) is 11.1. The van der Waals surface area contributed by atoms with Crippen molar-refractivity contribution in [1.29, 1.82) is 0 Å². The van der Waals surface area contributed by atoms with Crippen molar-refractivity contribution >= 4 is 12.0 Å². The van der Waals surface area contributed by atoms with Crippen LogP contribution < -0.4 is 0 Å². The first-order valence-electron chi connectivity index (χ1n) is 10.1. The number of rotatable bonds is 8. The average Bonchev–Trinajstić information content (AvgIpc) is 2.79. The molecule has 1 fully saturated rings. The van der Waals surface area contributed by atoms with Gasteiger partial charge in [0.25, 0.3) is 0 Å². The Balaban J connectivity index is 1.54. The minimum atomic E-state index is -1.54. The molecule has 1 saturated heterocycles. The lowest BCUT2D eigenvalue weighted by atomic mass is 9.99. The van der Waals surface area contributed by atoms with E-state index in [0.717, 1.165) is 11.6 Å². The van der Waals surface area contributed by atoms with Crippen LogP contribution in [0.2, 0.25) is 0 Å². The van der Waals surface area contributed by atoms with Crippen molar-refractivity contribution in [2.24, 2.45) is 0 Å².